The highest BCUT2D eigenvalue weighted by atomic mass is 16.5. The van der Waals surface area contributed by atoms with Gasteiger partial charge in [-0.1, -0.05) is 43.7 Å². The van der Waals surface area contributed by atoms with Crippen molar-refractivity contribution >= 4 is 0 Å². The molecule has 1 heterocycles. The molecular formula is C17H26O. The van der Waals surface area contributed by atoms with Gasteiger partial charge in [0.25, 0.3) is 0 Å². The van der Waals surface area contributed by atoms with E-state index >= 15 is 0 Å². The van der Waals surface area contributed by atoms with Crippen LogP contribution in [0, 0.1) is 12.8 Å². The van der Waals surface area contributed by atoms with Gasteiger partial charge in [0, 0.05) is 12.0 Å². The predicted molar refractivity (Wildman–Crippen MR) is 77.0 cm³/mol. The zero-order chi connectivity index (χ0) is 13.4. The minimum Gasteiger partial charge on any atom is -0.376 e. The maximum atomic E-state index is 5.92. The summed E-state index contributed by atoms with van der Waals surface area (Å²) >= 11 is 0. The van der Waals surface area contributed by atoms with E-state index in [4.69, 9.17) is 4.74 Å². The lowest BCUT2D eigenvalue weighted by Crippen LogP contribution is -2.46. The van der Waals surface area contributed by atoms with Crippen molar-refractivity contribution in [3.8, 4) is 0 Å². The van der Waals surface area contributed by atoms with E-state index < -0.39 is 0 Å². The van der Waals surface area contributed by atoms with Crippen LogP contribution in [0.15, 0.2) is 24.3 Å². The Balaban J connectivity index is 2.41. The average molecular weight is 246 g/mol. The Morgan fingerprint density at radius 1 is 1.11 bits per heavy atom. The van der Waals surface area contributed by atoms with Crippen LogP contribution in [0.4, 0.5) is 0 Å². The fourth-order valence-corrected chi connectivity index (χ4v) is 3.37. The molecule has 1 fully saturated rings. The fraction of sp³-hybridized carbons (Fsp3) is 0.647. The van der Waals surface area contributed by atoms with Crippen LogP contribution in [0.2, 0.25) is 0 Å². The highest BCUT2D eigenvalue weighted by molar-refractivity contribution is 5.30. The lowest BCUT2D eigenvalue weighted by molar-refractivity contribution is -0.0920. The first-order chi connectivity index (χ1) is 8.36. The molecule has 100 valence electrons. The molecule has 0 amide bonds. The average Bonchev–Trinajstić information content (AvgIpc) is 2.28. The molecule has 1 heteroatoms. The van der Waals surface area contributed by atoms with Crippen molar-refractivity contribution in [1.29, 1.82) is 0 Å². The summed E-state index contributed by atoms with van der Waals surface area (Å²) in [6.45, 7) is 12.2. The molecule has 2 rings (SSSR count). The van der Waals surface area contributed by atoms with E-state index in [9.17, 15) is 0 Å². The van der Waals surface area contributed by atoms with E-state index in [1.165, 1.54) is 11.1 Å². The quantitative estimate of drug-likeness (QED) is 0.747. The number of benzene rings is 1. The van der Waals surface area contributed by atoms with Gasteiger partial charge in [-0.15, -0.1) is 0 Å². The predicted octanol–water partition coefficient (Wildman–Crippen LogP) is 4.48. The second-order valence-electron chi connectivity index (χ2n) is 6.71. The first-order valence-electron chi connectivity index (χ1n) is 7.07. The minimum absolute atomic E-state index is 0.00654. The molecule has 0 bridgehead atoms. The Morgan fingerprint density at radius 2 is 1.72 bits per heavy atom. The lowest BCUT2D eigenvalue weighted by atomic mass is 9.63. The lowest BCUT2D eigenvalue weighted by Gasteiger charge is -2.48. The summed E-state index contributed by atoms with van der Waals surface area (Å²) in [7, 11) is 0. The third-order valence-corrected chi connectivity index (χ3v) is 4.51. The van der Waals surface area contributed by atoms with Gasteiger partial charge in [-0.05, 0) is 45.1 Å². The molecule has 0 aromatic heterocycles. The van der Waals surface area contributed by atoms with E-state index in [-0.39, 0.29) is 11.0 Å². The second-order valence-corrected chi connectivity index (χ2v) is 6.71. The van der Waals surface area contributed by atoms with Crippen molar-refractivity contribution in [2.24, 2.45) is 5.92 Å². The number of hydrogen-bond donors (Lipinski definition) is 0. The Labute approximate surface area is 112 Å². The van der Waals surface area contributed by atoms with Crippen LogP contribution in [0.1, 0.15) is 51.7 Å². The summed E-state index contributed by atoms with van der Waals surface area (Å²) in [5.74, 6) is 0.642. The summed E-state index contributed by atoms with van der Waals surface area (Å²) in [5.41, 5.74) is 3.09. The largest absolute Gasteiger partial charge is 0.376 e. The molecule has 0 aliphatic carbocycles. The molecule has 0 radical (unpaired) electrons. The van der Waals surface area contributed by atoms with Crippen molar-refractivity contribution in [2.75, 3.05) is 6.61 Å². The Hall–Kier alpha value is -0.820. The van der Waals surface area contributed by atoms with Gasteiger partial charge in [0.2, 0.25) is 0 Å². The molecule has 1 unspecified atom stereocenters. The molecule has 1 atom stereocenters. The van der Waals surface area contributed by atoms with E-state index in [0.29, 0.717) is 5.92 Å². The number of ether oxygens (including phenoxy) is 1. The van der Waals surface area contributed by atoms with Gasteiger partial charge in [0.15, 0.2) is 0 Å². The monoisotopic (exact) mass is 246 g/mol. The van der Waals surface area contributed by atoms with Crippen molar-refractivity contribution in [3.05, 3.63) is 35.4 Å². The Kier molecular flexibility index (Phi) is 3.55. The van der Waals surface area contributed by atoms with E-state index in [1.807, 2.05) is 0 Å². The molecular weight excluding hydrogens is 220 g/mol. The van der Waals surface area contributed by atoms with Gasteiger partial charge in [0.1, 0.15) is 0 Å². The summed E-state index contributed by atoms with van der Waals surface area (Å²) in [6.07, 6.45) is 2.25. The first-order valence-corrected chi connectivity index (χ1v) is 7.07. The third-order valence-electron chi connectivity index (χ3n) is 4.51. The van der Waals surface area contributed by atoms with Crippen LogP contribution in [-0.4, -0.2) is 12.2 Å². The van der Waals surface area contributed by atoms with E-state index in [0.717, 1.165) is 19.4 Å². The van der Waals surface area contributed by atoms with Crippen LogP contribution >= 0.6 is 0 Å². The maximum Gasteiger partial charge on any atom is 0.0635 e. The highest BCUT2D eigenvalue weighted by Gasteiger charge is 2.43. The topological polar surface area (TPSA) is 9.23 Å². The standard InChI is InChI=1S/C17H26O/c1-13(2)17(10-11-18-16(4,5)12-17)15-8-6-14(3)7-9-15/h6-9,13H,10-12H2,1-5H3. The van der Waals surface area contributed by atoms with Gasteiger partial charge >= 0.3 is 0 Å². The molecule has 1 aliphatic heterocycles. The van der Waals surface area contributed by atoms with Crippen molar-refractivity contribution in [3.63, 3.8) is 0 Å². The Morgan fingerprint density at radius 3 is 2.22 bits per heavy atom. The smallest absolute Gasteiger partial charge is 0.0635 e. The Bertz CT molecular complexity index is 402. The fourth-order valence-electron chi connectivity index (χ4n) is 3.37. The van der Waals surface area contributed by atoms with Crippen LogP contribution < -0.4 is 0 Å². The SMILES string of the molecule is Cc1ccc(C2(C(C)C)CCOC(C)(C)C2)cc1. The summed E-state index contributed by atoms with van der Waals surface area (Å²) in [4.78, 5) is 0. The van der Waals surface area contributed by atoms with Gasteiger partial charge in [-0.3, -0.25) is 0 Å². The van der Waals surface area contributed by atoms with Gasteiger partial charge in [0.05, 0.1) is 5.60 Å². The molecule has 0 spiro atoms. The van der Waals surface area contributed by atoms with Crippen LogP contribution in [0.25, 0.3) is 0 Å². The van der Waals surface area contributed by atoms with Crippen molar-refractivity contribution < 1.29 is 4.74 Å². The number of rotatable bonds is 2. The second kappa shape index (κ2) is 4.70. The molecule has 1 saturated heterocycles. The third kappa shape index (κ3) is 2.47. The maximum absolute atomic E-state index is 5.92. The first kappa shape index (κ1) is 13.6. The van der Waals surface area contributed by atoms with E-state index in [1.54, 1.807) is 0 Å². The zero-order valence-corrected chi connectivity index (χ0v) is 12.4. The van der Waals surface area contributed by atoms with E-state index in [2.05, 4.69) is 58.9 Å². The van der Waals surface area contributed by atoms with Gasteiger partial charge < -0.3 is 4.74 Å². The molecule has 1 aromatic carbocycles. The normalized spacial score (nSPS) is 27.4. The summed E-state index contributed by atoms with van der Waals surface area (Å²) in [5, 5.41) is 0. The van der Waals surface area contributed by atoms with Crippen LogP contribution in [0.5, 0.6) is 0 Å². The summed E-state index contributed by atoms with van der Waals surface area (Å²) in [6, 6.07) is 9.11. The summed E-state index contributed by atoms with van der Waals surface area (Å²) < 4.78 is 5.92. The minimum atomic E-state index is -0.00654. The zero-order valence-electron chi connectivity index (χ0n) is 12.4. The molecule has 0 N–H and O–H groups in total. The molecule has 0 saturated carbocycles. The van der Waals surface area contributed by atoms with Crippen molar-refractivity contribution in [2.45, 2.75) is 58.5 Å². The molecule has 1 nitrogen and oxygen atoms in total. The van der Waals surface area contributed by atoms with Crippen LogP contribution in [0.3, 0.4) is 0 Å². The highest BCUT2D eigenvalue weighted by Crippen LogP contribution is 2.46. The number of aryl methyl sites for hydroxylation is 1. The van der Waals surface area contributed by atoms with Gasteiger partial charge in [-0.25, -0.2) is 0 Å². The van der Waals surface area contributed by atoms with Gasteiger partial charge in [-0.2, -0.15) is 0 Å². The van der Waals surface area contributed by atoms with Crippen molar-refractivity contribution in [1.82, 2.24) is 0 Å². The number of hydrogen-bond acceptors (Lipinski definition) is 1. The van der Waals surface area contributed by atoms with Crippen LogP contribution in [-0.2, 0) is 10.2 Å². The molecule has 1 aliphatic rings. The molecule has 1 aromatic rings. The molecule has 18 heavy (non-hydrogen) atoms.